The number of hydrogen-bond acceptors (Lipinski definition) is 6. The molecule has 0 unspecified atom stereocenters. The molecule has 5 rings (SSSR count). The van der Waals surface area contributed by atoms with Crippen LogP contribution < -0.4 is 4.74 Å². The summed E-state index contributed by atoms with van der Waals surface area (Å²) >= 11 is 0. The van der Waals surface area contributed by atoms with Gasteiger partial charge in [0.05, 0.1) is 24.3 Å². The van der Waals surface area contributed by atoms with Gasteiger partial charge in [0.2, 0.25) is 0 Å². The number of rotatable bonds is 4. The van der Waals surface area contributed by atoms with E-state index < -0.39 is 18.0 Å². The van der Waals surface area contributed by atoms with Crippen molar-refractivity contribution in [1.82, 2.24) is 19.7 Å². The zero-order valence-corrected chi connectivity index (χ0v) is 17.6. The zero-order valence-electron chi connectivity index (χ0n) is 17.6. The lowest BCUT2D eigenvalue weighted by Gasteiger charge is -2.39. The van der Waals surface area contributed by atoms with E-state index in [1.54, 1.807) is 36.3 Å². The maximum Gasteiger partial charge on any atom is 0.260 e. The number of halogens is 1. The maximum atomic E-state index is 15.1. The summed E-state index contributed by atoms with van der Waals surface area (Å²) < 4.78 is 27.8. The molecule has 2 aromatic heterocycles. The average molecular weight is 438 g/mol. The minimum atomic E-state index is -0.702. The molecule has 32 heavy (non-hydrogen) atoms. The van der Waals surface area contributed by atoms with Gasteiger partial charge in [0.15, 0.2) is 24.1 Å². The first-order valence-electron chi connectivity index (χ1n) is 10.5. The van der Waals surface area contributed by atoms with E-state index in [0.29, 0.717) is 36.4 Å². The number of aliphatic hydroxyl groups excluding tert-OH is 1. The van der Waals surface area contributed by atoms with Gasteiger partial charge in [-0.05, 0) is 54.7 Å². The highest BCUT2D eigenvalue weighted by Crippen LogP contribution is 2.34. The van der Waals surface area contributed by atoms with Gasteiger partial charge in [0, 0.05) is 25.2 Å². The summed E-state index contributed by atoms with van der Waals surface area (Å²) in [5.74, 6) is -0.259. The Labute approximate surface area is 184 Å². The van der Waals surface area contributed by atoms with E-state index in [-0.39, 0.29) is 30.6 Å². The van der Waals surface area contributed by atoms with E-state index in [1.807, 2.05) is 18.2 Å². The highest BCUT2D eigenvalue weighted by atomic mass is 19.1. The predicted molar refractivity (Wildman–Crippen MR) is 112 cm³/mol. The number of hydrogen-bond donors (Lipinski definition) is 1. The number of carbonyl (C=O) groups is 1. The summed E-state index contributed by atoms with van der Waals surface area (Å²) in [4.78, 5) is 19.0. The molecular formula is C23H23FN4O4. The third kappa shape index (κ3) is 3.63. The Hall–Kier alpha value is -3.30. The van der Waals surface area contributed by atoms with Gasteiger partial charge in [-0.2, -0.15) is 5.10 Å². The molecule has 0 spiro atoms. The van der Waals surface area contributed by atoms with Crippen LogP contribution in [0.2, 0.25) is 0 Å². The summed E-state index contributed by atoms with van der Waals surface area (Å²) in [5, 5.41) is 14.5. The predicted octanol–water partition coefficient (Wildman–Crippen LogP) is 2.25. The van der Waals surface area contributed by atoms with Crippen LogP contribution >= 0.6 is 0 Å². The number of ether oxygens (including phenoxy) is 2. The first-order valence-corrected chi connectivity index (χ1v) is 10.5. The SMILES string of the molecule is Cc1c(Cc2ccc(-n3cccn3)nc2)cc2c(c1F)OCN([C@H]1COCC[C@@H]1O)C2=O. The minimum absolute atomic E-state index is 0.0362. The van der Waals surface area contributed by atoms with Crippen molar-refractivity contribution in [3.05, 3.63) is 70.9 Å². The van der Waals surface area contributed by atoms with Gasteiger partial charge in [-0.1, -0.05) is 6.07 Å². The third-order valence-corrected chi connectivity index (χ3v) is 6.05. The summed E-state index contributed by atoms with van der Waals surface area (Å²) in [6, 6.07) is 6.72. The van der Waals surface area contributed by atoms with E-state index in [9.17, 15) is 9.90 Å². The van der Waals surface area contributed by atoms with Crippen molar-refractivity contribution in [3.8, 4) is 11.6 Å². The quantitative estimate of drug-likeness (QED) is 0.672. The standard InChI is InChI=1S/C23H23FN4O4/c1-14-16(9-15-3-4-20(25-11-15)28-7-2-6-26-28)10-17-22(21(14)24)32-13-27(23(17)30)18-12-31-8-5-19(18)29/h2-4,6-7,10-11,18-19,29H,5,8-9,12-13H2,1H3/t18-,19-/m0/s1. The number of amides is 1. The lowest BCUT2D eigenvalue weighted by Crippen LogP contribution is -2.55. The van der Waals surface area contributed by atoms with E-state index in [1.165, 1.54) is 4.90 Å². The molecular weight excluding hydrogens is 415 g/mol. The van der Waals surface area contributed by atoms with Crippen molar-refractivity contribution in [2.75, 3.05) is 19.9 Å². The zero-order chi connectivity index (χ0) is 22.2. The Morgan fingerprint density at radius 2 is 2.22 bits per heavy atom. The Balaban J connectivity index is 1.43. The number of benzene rings is 1. The van der Waals surface area contributed by atoms with Crippen LogP contribution in [-0.2, 0) is 11.2 Å². The molecule has 9 heteroatoms. The fourth-order valence-corrected chi connectivity index (χ4v) is 4.15. The molecule has 1 saturated heterocycles. The van der Waals surface area contributed by atoms with Crippen LogP contribution in [-0.4, -0.2) is 62.8 Å². The second kappa shape index (κ2) is 8.33. The molecule has 0 radical (unpaired) electrons. The van der Waals surface area contributed by atoms with Crippen molar-refractivity contribution in [2.45, 2.75) is 31.9 Å². The highest BCUT2D eigenvalue weighted by Gasteiger charge is 2.38. The lowest BCUT2D eigenvalue weighted by atomic mass is 9.95. The molecule has 0 aliphatic carbocycles. The van der Waals surface area contributed by atoms with Crippen molar-refractivity contribution in [1.29, 1.82) is 0 Å². The molecule has 1 amide bonds. The number of pyridine rings is 1. The molecule has 1 N–H and O–H groups in total. The van der Waals surface area contributed by atoms with Crippen molar-refractivity contribution in [2.24, 2.45) is 0 Å². The normalized spacial score (nSPS) is 20.7. The van der Waals surface area contributed by atoms with Crippen molar-refractivity contribution < 1.29 is 23.8 Å². The second-order valence-corrected chi connectivity index (χ2v) is 8.05. The number of carbonyl (C=O) groups excluding carboxylic acids is 1. The third-order valence-electron chi connectivity index (χ3n) is 6.05. The van der Waals surface area contributed by atoms with Crippen LogP contribution in [0.15, 0.2) is 42.9 Å². The Bertz CT molecular complexity index is 1130. The molecule has 2 aliphatic heterocycles. The largest absolute Gasteiger partial charge is 0.469 e. The molecule has 1 fully saturated rings. The monoisotopic (exact) mass is 438 g/mol. The molecule has 2 atom stereocenters. The Kier molecular flexibility index (Phi) is 5.36. The van der Waals surface area contributed by atoms with E-state index in [2.05, 4.69) is 10.1 Å². The van der Waals surface area contributed by atoms with Crippen LogP contribution in [0.3, 0.4) is 0 Å². The molecule has 166 valence electrons. The minimum Gasteiger partial charge on any atom is -0.469 e. The fourth-order valence-electron chi connectivity index (χ4n) is 4.15. The van der Waals surface area contributed by atoms with Gasteiger partial charge in [0.25, 0.3) is 5.91 Å². The number of aromatic nitrogens is 3. The van der Waals surface area contributed by atoms with Gasteiger partial charge in [-0.15, -0.1) is 0 Å². The van der Waals surface area contributed by atoms with Crippen LogP contribution in [0.25, 0.3) is 5.82 Å². The maximum absolute atomic E-state index is 15.1. The summed E-state index contributed by atoms with van der Waals surface area (Å²) in [5.41, 5.74) is 2.14. The van der Waals surface area contributed by atoms with Crippen LogP contribution in [0, 0.1) is 12.7 Å². The molecule has 4 heterocycles. The highest BCUT2D eigenvalue weighted by molar-refractivity contribution is 5.98. The molecule has 8 nitrogen and oxygen atoms in total. The Morgan fingerprint density at radius 3 is 2.94 bits per heavy atom. The lowest BCUT2D eigenvalue weighted by molar-refractivity contribution is -0.0700. The van der Waals surface area contributed by atoms with Crippen molar-refractivity contribution in [3.63, 3.8) is 0 Å². The fraction of sp³-hybridized carbons (Fsp3) is 0.348. The van der Waals surface area contributed by atoms with Gasteiger partial charge >= 0.3 is 0 Å². The van der Waals surface area contributed by atoms with E-state index in [4.69, 9.17) is 9.47 Å². The van der Waals surface area contributed by atoms with Gasteiger partial charge in [0.1, 0.15) is 0 Å². The first kappa shape index (κ1) is 20.6. The van der Waals surface area contributed by atoms with Gasteiger partial charge in [-0.3, -0.25) is 9.69 Å². The first-order chi connectivity index (χ1) is 15.5. The molecule has 2 aliphatic rings. The smallest absolute Gasteiger partial charge is 0.260 e. The van der Waals surface area contributed by atoms with Gasteiger partial charge in [-0.25, -0.2) is 14.1 Å². The molecule has 1 aromatic carbocycles. The topological polar surface area (TPSA) is 89.7 Å². The van der Waals surface area contributed by atoms with Crippen LogP contribution in [0.5, 0.6) is 5.75 Å². The summed E-state index contributed by atoms with van der Waals surface area (Å²) in [7, 11) is 0. The summed E-state index contributed by atoms with van der Waals surface area (Å²) in [6.45, 7) is 2.23. The van der Waals surface area contributed by atoms with Crippen molar-refractivity contribution >= 4 is 5.91 Å². The number of nitrogens with zero attached hydrogens (tertiary/aromatic N) is 4. The second-order valence-electron chi connectivity index (χ2n) is 8.05. The van der Waals surface area contributed by atoms with E-state index in [0.717, 1.165) is 5.56 Å². The average Bonchev–Trinajstić information content (AvgIpc) is 3.34. The van der Waals surface area contributed by atoms with E-state index >= 15 is 4.39 Å². The van der Waals surface area contributed by atoms with Gasteiger partial charge < -0.3 is 14.6 Å². The summed E-state index contributed by atoms with van der Waals surface area (Å²) in [6.07, 6.45) is 5.34. The number of fused-ring (bicyclic) bond motifs is 1. The molecule has 3 aromatic rings. The molecule has 0 bridgehead atoms. The van der Waals surface area contributed by atoms with Crippen LogP contribution in [0.1, 0.15) is 33.5 Å². The number of aliphatic hydroxyl groups is 1. The molecule has 0 saturated carbocycles. The van der Waals surface area contributed by atoms with Crippen LogP contribution in [0.4, 0.5) is 4.39 Å². The Morgan fingerprint density at radius 1 is 1.34 bits per heavy atom.